The third-order valence-electron chi connectivity index (χ3n) is 13.5. The minimum atomic E-state index is 0.424. The Morgan fingerprint density at radius 3 is 1.89 bits per heavy atom. The molecule has 0 atom stereocenters. The van der Waals surface area contributed by atoms with Crippen molar-refractivity contribution in [2.24, 2.45) is 5.92 Å². The van der Waals surface area contributed by atoms with Gasteiger partial charge in [-0.15, -0.1) is 0 Å². The molecular weight excluding hydrogens is 679 g/mol. The van der Waals surface area contributed by atoms with Gasteiger partial charge in [0.05, 0.1) is 0 Å². The SMILES string of the molecule is c1ccc(-c2cccc3cccc(-c4ccc(N(c5ccc6c(c5)Cc5cc(C78CCC(CC7)C8)ccc5-6)c5ccc6c(c5)oc5ccccc56)cc4)c23)cc1. The first-order valence-electron chi connectivity index (χ1n) is 20.3. The van der Waals surface area contributed by atoms with Crippen molar-refractivity contribution < 1.29 is 4.42 Å². The zero-order valence-corrected chi connectivity index (χ0v) is 31.3. The number of para-hydroxylation sites is 1. The first kappa shape index (κ1) is 31.9. The molecule has 56 heavy (non-hydrogen) atoms. The Morgan fingerprint density at radius 2 is 1.12 bits per heavy atom. The van der Waals surface area contributed by atoms with E-state index in [1.165, 1.54) is 87.4 Å². The van der Waals surface area contributed by atoms with E-state index in [1.807, 2.05) is 6.07 Å². The number of hydrogen-bond acceptors (Lipinski definition) is 2. The largest absolute Gasteiger partial charge is 0.456 e. The van der Waals surface area contributed by atoms with Crippen LogP contribution in [-0.4, -0.2) is 0 Å². The highest BCUT2D eigenvalue weighted by Gasteiger charge is 2.46. The van der Waals surface area contributed by atoms with Crippen LogP contribution in [0.15, 0.2) is 174 Å². The van der Waals surface area contributed by atoms with Crippen molar-refractivity contribution in [3.8, 4) is 33.4 Å². The third-order valence-corrected chi connectivity index (χ3v) is 13.5. The quantitative estimate of drug-likeness (QED) is 0.170. The lowest BCUT2D eigenvalue weighted by atomic mass is 9.77. The van der Waals surface area contributed by atoms with Gasteiger partial charge in [-0.3, -0.25) is 0 Å². The van der Waals surface area contributed by atoms with Gasteiger partial charge in [-0.25, -0.2) is 0 Å². The summed E-state index contributed by atoms with van der Waals surface area (Å²) in [5.41, 5.74) is 17.8. The molecule has 1 heterocycles. The Bertz CT molecular complexity index is 2980. The molecule has 0 saturated heterocycles. The highest BCUT2D eigenvalue weighted by Crippen LogP contribution is 2.56. The number of anilines is 3. The topological polar surface area (TPSA) is 16.4 Å². The van der Waals surface area contributed by atoms with Gasteiger partial charge in [0.15, 0.2) is 0 Å². The van der Waals surface area contributed by atoms with E-state index in [0.29, 0.717) is 5.41 Å². The highest BCUT2D eigenvalue weighted by atomic mass is 16.3. The summed E-state index contributed by atoms with van der Waals surface area (Å²) in [5.74, 6) is 0.945. The summed E-state index contributed by atoms with van der Waals surface area (Å²) in [5, 5.41) is 4.81. The lowest BCUT2D eigenvalue weighted by molar-refractivity contribution is 0.419. The van der Waals surface area contributed by atoms with E-state index in [4.69, 9.17) is 4.42 Å². The fourth-order valence-electron chi connectivity index (χ4n) is 10.8. The molecule has 0 N–H and O–H groups in total. The second-order valence-corrected chi connectivity index (χ2v) is 16.6. The van der Waals surface area contributed by atoms with Gasteiger partial charge in [0, 0.05) is 33.9 Å². The normalized spacial score (nSPS) is 18.2. The van der Waals surface area contributed by atoms with E-state index < -0.39 is 0 Å². The summed E-state index contributed by atoms with van der Waals surface area (Å²) in [4.78, 5) is 2.40. The summed E-state index contributed by atoms with van der Waals surface area (Å²) in [6.45, 7) is 0. The van der Waals surface area contributed by atoms with Crippen LogP contribution in [0, 0.1) is 5.92 Å². The van der Waals surface area contributed by atoms with Crippen molar-refractivity contribution in [2.45, 2.75) is 43.9 Å². The number of fused-ring (bicyclic) bond motifs is 9. The molecule has 2 bridgehead atoms. The van der Waals surface area contributed by atoms with Crippen molar-refractivity contribution >= 4 is 49.8 Å². The van der Waals surface area contributed by atoms with Gasteiger partial charge in [0.2, 0.25) is 0 Å². The molecule has 0 aliphatic heterocycles. The summed E-state index contributed by atoms with van der Waals surface area (Å²) >= 11 is 0. The van der Waals surface area contributed by atoms with Crippen LogP contribution >= 0.6 is 0 Å². The van der Waals surface area contributed by atoms with E-state index in [9.17, 15) is 0 Å². The summed E-state index contributed by atoms with van der Waals surface area (Å²) < 4.78 is 6.44. The van der Waals surface area contributed by atoms with Gasteiger partial charge >= 0.3 is 0 Å². The minimum absolute atomic E-state index is 0.424. The Morgan fingerprint density at radius 1 is 0.482 bits per heavy atom. The molecular formula is C54H41NO. The van der Waals surface area contributed by atoms with E-state index in [2.05, 4.69) is 169 Å². The van der Waals surface area contributed by atoms with Crippen LogP contribution in [0.1, 0.15) is 48.8 Å². The average molecular weight is 720 g/mol. The van der Waals surface area contributed by atoms with Crippen LogP contribution in [0.25, 0.3) is 66.1 Å². The molecule has 2 heteroatoms. The molecule has 0 amide bonds. The monoisotopic (exact) mass is 719 g/mol. The predicted molar refractivity (Wildman–Crippen MR) is 233 cm³/mol. The maximum atomic E-state index is 6.44. The number of hydrogen-bond donors (Lipinski definition) is 0. The van der Waals surface area contributed by atoms with Crippen LogP contribution in [0.4, 0.5) is 17.1 Å². The van der Waals surface area contributed by atoms with Crippen molar-refractivity contribution in [1.29, 1.82) is 0 Å². The number of furan rings is 1. The van der Waals surface area contributed by atoms with Gasteiger partial charge in [0.25, 0.3) is 0 Å². The Labute approximate surface area is 327 Å². The molecule has 3 aliphatic rings. The van der Waals surface area contributed by atoms with Crippen LogP contribution in [0.5, 0.6) is 0 Å². The minimum Gasteiger partial charge on any atom is -0.456 e. The lowest BCUT2D eigenvalue weighted by Gasteiger charge is -2.27. The maximum absolute atomic E-state index is 6.44. The molecule has 0 radical (unpaired) electrons. The van der Waals surface area contributed by atoms with Gasteiger partial charge in [0.1, 0.15) is 11.2 Å². The average Bonchev–Trinajstić information content (AvgIpc) is 4.05. The van der Waals surface area contributed by atoms with Crippen LogP contribution in [0.3, 0.4) is 0 Å². The lowest BCUT2D eigenvalue weighted by Crippen LogP contribution is -2.19. The summed E-state index contributed by atoms with van der Waals surface area (Å²) in [6, 6.07) is 62.8. The fourth-order valence-corrected chi connectivity index (χ4v) is 10.8. The van der Waals surface area contributed by atoms with E-state index in [-0.39, 0.29) is 0 Å². The summed E-state index contributed by atoms with van der Waals surface area (Å²) in [7, 11) is 0. The first-order valence-corrected chi connectivity index (χ1v) is 20.3. The van der Waals surface area contributed by atoms with Crippen molar-refractivity contribution in [1.82, 2.24) is 0 Å². The van der Waals surface area contributed by atoms with Gasteiger partial charge < -0.3 is 9.32 Å². The molecule has 3 aliphatic carbocycles. The van der Waals surface area contributed by atoms with Crippen LogP contribution < -0.4 is 4.90 Å². The van der Waals surface area contributed by atoms with Crippen molar-refractivity contribution in [3.63, 3.8) is 0 Å². The van der Waals surface area contributed by atoms with Crippen molar-refractivity contribution in [3.05, 3.63) is 187 Å². The predicted octanol–water partition coefficient (Wildman–Crippen LogP) is 14.9. The van der Waals surface area contributed by atoms with Gasteiger partial charge in [-0.1, -0.05) is 121 Å². The number of rotatable bonds is 6. The molecule has 2 nitrogen and oxygen atoms in total. The Hall–Kier alpha value is -6.38. The van der Waals surface area contributed by atoms with Crippen LogP contribution in [-0.2, 0) is 11.8 Å². The summed E-state index contributed by atoms with van der Waals surface area (Å²) in [6.07, 6.45) is 7.92. The molecule has 8 aromatic carbocycles. The number of nitrogens with zero attached hydrogens (tertiary/aromatic N) is 1. The van der Waals surface area contributed by atoms with Crippen LogP contribution in [0.2, 0.25) is 0 Å². The second-order valence-electron chi connectivity index (χ2n) is 16.6. The van der Waals surface area contributed by atoms with E-state index >= 15 is 0 Å². The maximum Gasteiger partial charge on any atom is 0.137 e. The Balaban J connectivity index is 0.962. The fraction of sp³-hybridized carbons (Fsp3) is 0.148. The highest BCUT2D eigenvalue weighted by molar-refractivity contribution is 6.07. The van der Waals surface area contributed by atoms with E-state index in [0.717, 1.165) is 51.3 Å². The standard InChI is InChI=1S/C54H41NO/c1-2-8-36(9-3-1)47-13-6-10-38-11-7-14-48(53(38)47)37-16-19-42(20-17-37)55(44-22-25-50-49-12-4-5-15-51(49)56-52(50)33-44)43-21-24-46-40(32-43)30-39-31-41(18-23-45(39)46)54-28-26-35(34-54)27-29-54/h1-25,31-33,35H,26-30,34H2. The second kappa shape index (κ2) is 12.3. The molecule has 12 rings (SSSR count). The molecule has 268 valence electrons. The molecule has 0 spiro atoms. The zero-order valence-electron chi connectivity index (χ0n) is 31.3. The smallest absolute Gasteiger partial charge is 0.137 e. The van der Waals surface area contributed by atoms with Gasteiger partial charge in [-0.2, -0.15) is 0 Å². The molecule has 0 unspecified atom stereocenters. The number of benzene rings is 8. The molecule has 2 fully saturated rings. The van der Waals surface area contributed by atoms with E-state index in [1.54, 1.807) is 5.56 Å². The van der Waals surface area contributed by atoms with Gasteiger partial charge in [-0.05, 0) is 153 Å². The molecule has 1 aromatic heterocycles. The van der Waals surface area contributed by atoms with Crippen molar-refractivity contribution in [2.75, 3.05) is 4.90 Å². The molecule has 2 saturated carbocycles. The third kappa shape index (κ3) is 4.95. The molecule has 9 aromatic rings. The first-order chi connectivity index (χ1) is 27.7. The zero-order chi connectivity index (χ0) is 36.8. The Kier molecular flexibility index (Phi) is 7.02.